The van der Waals surface area contributed by atoms with Crippen molar-refractivity contribution >= 4 is 28.4 Å². The second-order valence-electron chi connectivity index (χ2n) is 8.28. The van der Waals surface area contributed by atoms with Gasteiger partial charge in [0.05, 0.1) is 6.42 Å². The molecule has 4 aromatic rings. The standard InChI is InChI=1S/C27H25N3O4/c1-30(20-10-11-24-25(16-20)34-17-33-24)27(32)23(14-18-6-3-2-4-7-18)29-26(31)15-19-8-5-9-22-21(19)12-13-28-22/h2-13,16,23,28H,14-15,17H2,1H3,(H,29,31)/t23-/m0/s1. The number of aromatic amines is 1. The lowest BCUT2D eigenvalue weighted by Crippen LogP contribution is -2.49. The SMILES string of the molecule is CN(C(=O)[C@H](Cc1ccccc1)NC(=O)Cc1cccc2[nH]ccc12)c1ccc2c(c1)OCO2. The molecule has 1 aliphatic heterocycles. The van der Waals surface area contributed by atoms with E-state index in [-0.39, 0.29) is 25.0 Å². The number of hydrogen-bond acceptors (Lipinski definition) is 4. The monoisotopic (exact) mass is 455 g/mol. The van der Waals surface area contributed by atoms with Crippen LogP contribution < -0.4 is 19.7 Å². The van der Waals surface area contributed by atoms with Crippen LogP contribution in [0, 0.1) is 0 Å². The van der Waals surface area contributed by atoms with Crippen LogP contribution >= 0.6 is 0 Å². The van der Waals surface area contributed by atoms with Gasteiger partial charge in [0.1, 0.15) is 6.04 Å². The summed E-state index contributed by atoms with van der Waals surface area (Å²) in [6.07, 6.45) is 2.42. The van der Waals surface area contributed by atoms with Crippen molar-refractivity contribution in [2.24, 2.45) is 0 Å². The van der Waals surface area contributed by atoms with E-state index in [4.69, 9.17) is 9.47 Å². The van der Waals surface area contributed by atoms with E-state index in [9.17, 15) is 9.59 Å². The van der Waals surface area contributed by atoms with E-state index in [2.05, 4.69) is 10.3 Å². The summed E-state index contributed by atoms with van der Waals surface area (Å²) in [5, 5.41) is 3.98. The van der Waals surface area contributed by atoms with Gasteiger partial charge in [-0.25, -0.2) is 0 Å². The first-order valence-electron chi connectivity index (χ1n) is 11.1. The van der Waals surface area contributed by atoms with Gasteiger partial charge in [-0.05, 0) is 35.4 Å². The third kappa shape index (κ3) is 4.45. The number of hydrogen-bond donors (Lipinski definition) is 2. The Morgan fingerprint density at radius 2 is 1.82 bits per heavy atom. The van der Waals surface area contributed by atoms with Crippen LogP contribution in [-0.2, 0) is 22.4 Å². The highest BCUT2D eigenvalue weighted by Gasteiger charge is 2.26. The zero-order valence-corrected chi connectivity index (χ0v) is 18.8. The lowest BCUT2D eigenvalue weighted by Gasteiger charge is -2.25. The molecular weight excluding hydrogens is 430 g/mol. The van der Waals surface area contributed by atoms with Gasteiger partial charge in [-0.15, -0.1) is 0 Å². The van der Waals surface area contributed by atoms with Crippen LogP contribution in [0.25, 0.3) is 10.9 Å². The molecule has 0 fully saturated rings. The molecule has 5 rings (SSSR count). The fourth-order valence-electron chi connectivity index (χ4n) is 4.23. The van der Waals surface area contributed by atoms with Gasteiger partial charge in [-0.3, -0.25) is 9.59 Å². The van der Waals surface area contributed by atoms with Crippen molar-refractivity contribution in [3.8, 4) is 11.5 Å². The number of carbonyl (C=O) groups is 2. The largest absolute Gasteiger partial charge is 0.454 e. The lowest BCUT2D eigenvalue weighted by molar-refractivity contribution is -0.127. The Hall–Kier alpha value is -4.26. The van der Waals surface area contributed by atoms with Crippen LogP contribution in [-0.4, -0.2) is 36.7 Å². The normalized spacial score (nSPS) is 13.0. The van der Waals surface area contributed by atoms with E-state index in [1.165, 1.54) is 0 Å². The molecule has 0 radical (unpaired) electrons. The molecule has 0 bridgehead atoms. The van der Waals surface area contributed by atoms with Gasteiger partial charge in [0.25, 0.3) is 0 Å². The maximum Gasteiger partial charge on any atom is 0.249 e. The van der Waals surface area contributed by atoms with Gasteiger partial charge in [-0.2, -0.15) is 0 Å². The minimum Gasteiger partial charge on any atom is -0.454 e. The summed E-state index contributed by atoms with van der Waals surface area (Å²) in [4.78, 5) is 31.3. The van der Waals surface area contributed by atoms with Crippen molar-refractivity contribution in [1.29, 1.82) is 0 Å². The van der Waals surface area contributed by atoms with E-state index in [1.54, 1.807) is 30.1 Å². The van der Waals surface area contributed by atoms with Crippen molar-refractivity contribution < 1.29 is 19.1 Å². The number of nitrogens with zero attached hydrogens (tertiary/aromatic N) is 1. The number of likely N-dealkylation sites (N-methyl/N-ethyl adjacent to an activating group) is 1. The molecule has 2 amide bonds. The average Bonchev–Trinajstić information content (AvgIpc) is 3.53. The van der Waals surface area contributed by atoms with Crippen molar-refractivity contribution in [2.45, 2.75) is 18.9 Å². The molecule has 0 unspecified atom stereocenters. The van der Waals surface area contributed by atoms with Gasteiger partial charge in [0.15, 0.2) is 11.5 Å². The van der Waals surface area contributed by atoms with Crippen LogP contribution in [0.5, 0.6) is 11.5 Å². The number of nitrogens with one attached hydrogen (secondary N) is 2. The first kappa shape index (κ1) is 21.6. The molecule has 0 saturated carbocycles. The van der Waals surface area contributed by atoms with E-state index in [0.717, 1.165) is 22.0 Å². The van der Waals surface area contributed by atoms with Crippen LogP contribution in [0.3, 0.4) is 0 Å². The molecular formula is C27H25N3O4. The van der Waals surface area contributed by atoms with Gasteiger partial charge >= 0.3 is 0 Å². The van der Waals surface area contributed by atoms with Gasteiger partial charge in [-0.1, -0.05) is 42.5 Å². The molecule has 1 atom stereocenters. The summed E-state index contributed by atoms with van der Waals surface area (Å²) in [6.45, 7) is 0.164. The molecule has 0 aliphatic carbocycles. The van der Waals surface area contributed by atoms with Gasteiger partial charge < -0.3 is 24.7 Å². The Bertz CT molecular complexity index is 1330. The number of amides is 2. The molecule has 2 N–H and O–H groups in total. The molecule has 1 aliphatic rings. The summed E-state index contributed by atoms with van der Waals surface area (Å²) < 4.78 is 10.8. The Balaban J connectivity index is 1.36. The van der Waals surface area contributed by atoms with E-state index in [0.29, 0.717) is 23.6 Å². The summed E-state index contributed by atoms with van der Waals surface area (Å²) in [7, 11) is 1.70. The maximum absolute atomic E-state index is 13.5. The van der Waals surface area contributed by atoms with E-state index in [1.807, 2.05) is 60.8 Å². The van der Waals surface area contributed by atoms with Crippen LogP contribution in [0.4, 0.5) is 5.69 Å². The average molecular weight is 456 g/mol. The Morgan fingerprint density at radius 3 is 2.68 bits per heavy atom. The molecule has 7 heteroatoms. The first-order valence-corrected chi connectivity index (χ1v) is 11.1. The molecule has 34 heavy (non-hydrogen) atoms. The second kappa shape index (κ2) is 9.31. The van der Waals surface area contributed by atoms with E-state index >= 15 is 0 Å². The maximum atomic E-state index is 13.5. The number of ether oxygens (including phenoxy) is 2. The number of H-pyrrole nitrogens is 1. The van der Waals surface area contributed by atoms with E-state index < -0.39 is 6.04 Å². The number of anilines is 1. The zero-order valence-electron chi connectivity index (χ0n) is 18.8. The molecule has 0 spiro atoms. The summed E-state index contributed by atoms with van der Waals surface area (Å²) >= 11 is 0. The van der Waals surface area contributed by atoms with Crippen molar-refractivity contribution in [1.82, 2.24) is 10.3 Å². The van der Waals surface area contributed by atoms with Crippen LogP contribution in [0.1, 0.15) is 11.1 Å². The molecule has 2 heterocycles. The summed E-state index contributed by atoms with van der Waals surface area (Å²) in [6, 6.07) is 22.1. The molecule has 3 aromatic carbocycles. The Kier molecular flexibility index (Phi) is 5.91. The number of carbonyl (C=O) groups excluding carboxylic acids is 2. The smallest absolute Gasteiger partial charge is 0.249 e. The molecule has 1 aromatic heterocycles. The van der Waals surface area contributed by atoms with Gasteiger partial charge in [0.2, 0.25) is 18.6 Å². The number of fused-ring (bicyclic) bond motifs is 2. The van der Waals surface area contributed by atoms with Crippen molar-refractivity contribution in [3.63, 3.8) is 0 Å². The topological polar surface area (TPSA) is 83.7 Å². The molecule has 172 valence electrons. The lowest BCUT2D eigenvalue weighted by atomic mass is 10.0. The number of benzene rings is 3. The summed E-state index contributed by atoms with van der Waals surface area (Å²) in [5.74, 6) is 0.830. The number of aromatic nitrogens is 1. The molecule has 0 saturated heterocycles. The highest BCUT2D eigenvalue weighted by atomic mass is 16.7. The molecule has 7 nitrogen and oxygen atoms in total. The third-order valence-corrected chi connectivity index (χ3v) is 6.03. The Morgan fingerprint density at radius 1 is 1.00 bits per heavy atom. The fraction of sp³-hybridized carbons (Fsp3) is 0.185. The van der Waals surface area contributed by atoms with Crippen LogP contribution in [0.15, 0.2) is 79.0 Å². The predicted octanol–water partition coefficient (Wildman–Crippen LogP) is 3.83. The summed E-state index contributed by atoms with van der Waals surface area (Å²) in [5.41, 5.74) is 3.52. The van der Waals surface area contributed by atoms with Crippen molar-refractivity contribution in [2.75, 3.05) is 18.7 Å². The first-order chi connectivity index (χ1) is 16.6. The fourth-order valence-corrected chi connectivity index (χ4v) is 4.23. The third-order valence-electron chi connectivity index (χ3n) is 6.03. The number of rotatable bonds is 7. The predicted molar refractivity (Wildman–Crippen MR) is 130 cm³/mol. The highest BCUT2D eigenvalue weighted by Crippen LogP contribution is 2.35. The van der Waals surface area contributed by atoms with Crippen molar-refractivity contribution in [3.05, 3.63) is 90.1 Å². The minimum atomic E-state index is -0.726. The highest BCUT2D eigenvalue weighted by molar-refractivity contribution is 6.00. The quantitative estimate of drug-likeness (QED) is 0.444. The second-order valence-corrected chi connectivity index (χ2v) is 8.28. The van der Waals surface area contributed by atoms with Crippen LogP contribution in [0.2, 0.25) is 0 Å². The Labute approximate surface area is 197 Å². The minimum absolute atomic E-state index is 0.164. The zero-order chi connectivity index (χ0) is 23.5. The van der Waals surface area contributed by atoms with Gasteiger partial charge in [0, 0.05) is 42.3 Å².